The van der Waals surface area contributed by atoms with Crippen molar-refractivity contribution in [1.82, 2.24) is 5.32 Å². The number of hydrogen-bond acceptors (Lipinski definition) is 4. The molecule has 0 saturated heterocycles. The summed E-state index contributed by atoms with van der Waals surface area (Å²) in [6.45, 7) is 1.75. The zero-order chi connectivity index (χ0) is 18.2. The maximum absolute atomic E-state index is 12.2. The number of amides is 1. The first-order chi connectivity index (χ1) is 12.0. The summed E-state index contributed by atoms with van der Waals surface area (Å²) in [7, 11) is 0. The Morgan fingerprint density at radius 3 is 2.28 bits per heavy atom. The summed E-state index contributed by atoms with van der Waals surface area (Å²) in [6.07, 6.45) is 1.46. The molecule has 0 bridgehead atoms. The Kier molecular flexibility index (Phi) is 7.22. The van der Waals surface area contributed by atoms with Crippen LogP contribution in [0.15, 0.2) is 59.5 Å². The maximum Gasteiger partial charge on any atom is 0.220 e. The molecule has 2 aromatic rings. The quantitative estimate of drug-likeness (QED) is 0.559. The van der Waals surface area contributed by atoms with Crippen LogP contribution in [0.2, 0.25) is 0 Å². The highest BCUT2D eigenvalue weighted by Crippen LogP contribution is 2.17. The molecule has 1 amide bonds. The number of thioether (sulfide) groups is 1. The summed E-state index contributed by atoms with van der Waals surface area (Å²) in [4.78, 5) is 25.3. The molecule has 0 aliphatic rings. The summed E-state index contributed by atoms with van der Waals surface area (Å²) in [5.74, 6) is -0.296. The van der Waals surface area contributed by atoms with E-state index in [2.05, 4.69) is 5.32 Å². The molecule has 25 heavy (non-hydrogen) atoms. The molecule has 0 unspecified atom stereocenters. The van der Waals surface area contributed by atoms with Crippen LogP contribution in [0.5, 0.6) is 0 Å². The average Bonchev–Trinajstić information content (AvgIpc) is 2.66. The number of aliphatic hydroxyl groups excluding tert-OH is 1. The SMILES string of the molecule is CSc1ccc(C(=O)CCC(=O)N[C@@H](C)[C@H](O)c2ccccc2)cc1. The number of carbonyl (C=O) groups excluding carboxylic acids is 2. The molecule has 0 spiro atoms. The van der Waals surface area contributed by atoms with Gasteiger partial charge < -0.3 is 10.4 Å². The fourth-order valence-electron chi connectivity index (χ4n) is 2.49. The molecule has 0 aliphatic heterocycles. The first kappa shape index (κ1) is 19.2. The molecule has 0 fully saturated rings. The number of aliphatic hydroxyl groups is 1. The van der Waals surface area contributed by atoms with Crippen LogP contribution in [0.4, 0.5) is 0 Å². The van der Waals surface area contributed by atoms with Gasteiger partial charge in [-0.15, -0.1) is 11.8 Å². The van der Waals surface area contributed by atoms with Gasteiger partial charge in [0.15, 0.2) is 5.78 Å². The van der Waals surface area contributed by atoms with Crippen LogP contribution in [0.25, 0.3) is 0 Å². The lowest BCUT2D eigenvalue weighted by molar-refractivity contribution is -0.122. The Bertz CT molecular complexity index is 701. The summed E-state index contributed by atoms with van der Waals surface area (Å²) in [6, 6.07) is 16.1. The average molecular weight is 357 g/mol. The van der Waals surface area contributed by atoms with Gasteiger partial charge in [-0.2, -0.15) is 0 Å². The first-order valence-corrected chi connectivity index (χ1v) is 9.43. The molecule has 2 aromatic carbocycles. The van der Waals surface area contributed by atoms with Crippen molar-refractivity contribution in [2.75, 3.05) is 6.26 Å². The van der Waals surface area contributed by atoms with Gasteiger partial charge in [0.1, 0.15) is 0 Å². The fraction of sp³-hybridized carbons (Fsp3) is 0.300. The van der Waals surface area contributed by atoms with Crippen molar-refractivity contribution in [3.63, 3.8) is 0 Å². The number of nitrogens with one attached hydrogen (secondary N) is 1. The van der Waals surface area contributed by atoms with Gasteiger partial charge in [0.25, 0.3) is 0 Å². The Morgan fingerprint density at radius 1 is 1.04 bits per heavy atom. The molecule has 0 heterocycles. The number of carbonyl (C=O) groups is 2. The molecule has 0 saturated carbocycles. The van der Waals surface area contributed by atoms with E-state index in [0.29, 0.717) is 5.56 Å². The minimum Gasteiger partial charge on any atom is -0.386 e. The number of benzene rings is 2. The van der Waals surface area contributed by atoms with Gasteiger partial charge in [0.05, 0.1) is 12.1 Å². The van der Waals surface area contributed by atoms with Gasteiger partial charge in [-0.05, 0) is 30.9 Å². The van der Waals surface area contributed by atoms with Crippen LogP contribution >= 0.6 is 11.8 Å². The molecule has 132 valence electrons. The van der Waals surface area contributed by atoms with Gasteiger partial charge in [0, 0.05) is 23.3 Å². The third-order valence-corrected chi connectivity index (χ3v) is 4.74. The van der Waals surface area contributed by atoms with E-state index in [-0.39, 0.29) is 24.5 Å². The van der Waals surface area contributed by atoms with Gasteiger partial charge in [-0.3, -0.25) is 9.59 Å². The Balaban J connectivity index is 1.82. The smallest absolute Gasteiger partial charge is 0.220 e. The van der Waals surface area contributed by atoms with E-state index in [1.807, 2.05) is 48.7 Å². The largest absolute Gasteiger partial charge is 0.386 e. The minimum atomic E-state index is -0.778. The molecule has 2 atom stereocenters. The molecular formula is C20H23NO3S. The lowest BCUT2D eigenvalue weighted by Gasteiger charge is -2.20. The molecule has 5 heteroatoms. The first-order valence-electron chi connectivity index (χ1n) is 8.21. The maximum atomic E-state index is 12.2. The predicted molar refractivity (Wildman–Crippen MR) is 101 cm³/mol. The third-order valence-electron chi connectivity index (χ3n) is 3.99. The normalized spacial score (nSPS) is 13.1. The van der Waals surface area contributed by atoms with Gasteiger partial charge in [0.2, 0.25) is 5.91 Å². The summed E-state index contributed by atoms with van der Waals surface area (Å²) in [5, 5.41) is 13.0. The number of hydrogen-bond donors (Lipinski definition) is 2. The van der Waals surface area contributed by atoms with Crippen molar-refractivity contribution < 1.29 is 14.7 Å². The number of rotatable bonds is 8. The zero-order valence-corrected chi connectivity index (χ0v) is 15.3. The van der Waals surface area contributed by atoms with Crippen molar-refractivity contribution in [3.8, 4) is 0 Å². The Hall–Kier alpha value is -2.11. The number of Topliss-reactive ketones (excluding diaryl/α,β-unsaturated/α-hetero) is 1. The topological polar surface area (TPSA) is 66.4 Å². The van der Waals surface area contributed by atoms with E-state index in [0.717, 1.165) is 10.5 Å². The molecular weight excluding hydrogens is 334 g/mol. The third kappa shape index (κ3) is 5.73. The van der Waals surface area contributed by atoms with Gasteiger partial charge in [-0.25, -0.2) is 0 Å². The van der Waals surface area contributed by atoms with E-state index < -0.39 is 12.1 Å². The fourth-order valence-corrected chi connectivity index (χ4v) is 2.90. The van der Waals surface area contributed by atoms with Crippen molar-refractivity contribution in [2.24, 2.45) is 0 Å². The highest BCUT2D eigenvalue weighted by atomic mass is 32.2. The summed E-state index contributed by atoms with van der Waals surface area (Å²) in [5.41, 5.74) is 1.36. The van der Waals surface area contributed by atoms with Crippen LogP contribution < -0.4 is 5.32 Å². The van der Waals surface area contributed by atoms with E-state index >= 15 is 0 Å². The Morgan fingerprint density at radius 2 is 1.68 bits per heavy atom. The second kappa shape index (κ2) is 9.39. The van der Waals surface area contributed by atoms with Gasteiger partial charge >= 0.3 is 0 Å². The van der Waals surface area contributed by atoms with Crippen LogP contribution in [0.1, 0.15) is 41.8 Å². The van der Waals surface area contributed by atoms with Crippen molar-refractivity contribution in [2.45, 2.75) is 36.8 Å². The molecule has 2 N–H and O–H groups in total. The minimum absolute atomic E-state index is 0.0564. The van der Waals surface area contributed by atoms with Crippen LogP contribution in [0, 0.1) is 0 Å². The van der Waals surface area contributed by atoms with E-state index in [4.69, 9.17) is 0 Å². The molecule has 0 aromatic heterocycles. The lowest BCUT2D eigenvalue weighted by atomic mass is 10.0. The molecule has 4 nitrogen and oxygen atoms in total. The standard InChI is InChI=1S/C20H23NO3S/c1-14(20(24)16-6-4-3-5-7-16)21-19(23)13-12-18(22)15-8-10-17(25-2)11-9-15/h3-11,14,20,24H,12-13H2,1-2H3,(H,21,23)/t14-,20-/m0/s1. The second-order valence-corrected chi connectivity index (χ2v) is 6.74. The highest BCUT2D eigenvalue weighted by Gasteiger charge is 2.18. The van der Waals surface area contributed by atoms with E-state index in [1.165, 1.54) is 0 Å². The molecule has 2 rings (SSSR count). The Labute approximate surface area is 152 Å². The van der Waals surface area contributed by atoms with E-state index in [9.17, 15) is 14.7 Å². The van der Waals surface area contributed by atoms with Crippen LogP contribution in [0.3, 0.4) is 0 Å². The van der Waals surface area contributed by atoms with Crippen LogP contribution in [-0.2, 0) is 4.79 Å². The highest BCUT2D eigenvalue weighted by molar-refractivity contribution is 7.98. The zero-order valence-electron chi connectivity index (χ0n) is 14.4. The predicted octanol–water partition coefficient (Wildman–Crippen LogP) is 3.61. The van der Waals surface area contributed by atoms with Crippen molar-refractivity contribution >= 4 is 23.5 Å². The van der Waals surface area contributed by atoms with Gasteiger partial charge in [-0.1, -0.05) is 42.5 Å². The van der Waals surface area contributed by atoms with E-state index in [1.54, 1.807) is 30.8 Å². The second-order valence-electron chi connectivity index (χ2n) is 5.86. The molecule has 0 radical (unpaired) electrons. The number of ketones is 1. The van der Waals surface area contributed by atoms with Crippen LogP contribution in [-0.4, -0.2) is 29.1 Å². The lowest BCUT2D eigenvalue weighted by Crippen LogP contribution is -2.37. The monoisotopic (exact) mass is 357 g/mol. The van der Waals surface area contributed by atoms with Crippen molar-refractivity contribution in [1.29, 1.82) is 0 Å². The molecule has 0 aliphatic carbocycles. The summed E-state index contributed by atoms with van der Waals surface area (Å²) >= 11 is 1.62. The summed E-state index contributed by atoms with van der Waals surface area (Å²) < 4.78 is 0. The van der Waals surface area contributed by atoms with Crippen molar-refractivity contribution in [3.05, 3.63) is 65.7 Å².